The Labute approximate surface area is 724 Å². The molecule has 15 amide bonds. The van der Waals surface area contributed by atoms with Gasteiger partial charge in [0.1, 0.15) is 72.5 Å². The van der Waals surface area contributed by atoms with Crippen molar-refractivity contribution in [3.05, 3.63) is 144 Å². The predicted octanol–water partition coefficient (Wildman–Crippen LogP) is -0.841. The highest BCUT2D eigenvalue weighted by atomic mass is 16.2. The van der Waals surface area contributed by atoms with Gasteiger partial charge < -0.3 is 112 Å². The molecule has 4 aliphatic heterocycles. The zero-order valence-electron chi connectivity index (χ0n) is 70.9. The van der Waals surface area contributed by atoms with Crippen LogP contribution in [0, 0.1) is 0 Å². The molecule has 12 atom stereocenters. The number of hydrogen-bond donors (Lipinski definition) is 19. The van der Waals surface area contributed by atoms with E-state index in [9.17, 15) is 71.9 Å². The number of rotatable bonds is 28. The molecule has 6 heterocycles. The maximum Gasteiger partial charge on any atom is 0.245 e. The first-order valence-electron chi connectivity index (χ1n) is 42.7. The van der Waals surface area contributed by atoms with Gasteiger partial charge in [0.2, 0.25) is 88.6 Å². The molecule has 0 radical (unpaired) electrons. The third-order valence-electron chi connectivity index (χ3n) is 22.2. The standard InChI is InChI=1S/C44H61N11O7.C43H58N12O8/c1-3-4-16-33-39(58)54-36(25-29-26-49-31-17-9-8-15-30(29)31)41(60)51-32(18-10-22-48-44(45)46)38(57)47-21-11-19-34(43(62)55-23-12-20-37(55)42(61)52-33)53-40(59)35(50-27(2)56)24-28-13-6-5-7-14-28;1-25(56)50-33(22-26-10-3-2-4-11-26)39(60)53-32-15-8-19-47-37(58)30(14-7-20-48-43(45)46)51-40(61)34(23-27-24-49-29-13-6-5-12-28(27)29)54-38(59)31(17-18-36(44)57)52-41(62)35-16-9-21-55(35)42(32)63/h5-9,13-15,17,26,32-37,49H,3-4,10-12,16,18-25H2,1-2H3,(H,47,57)(H,50,56)(H,51,60)(H,52,61)(H,53,59)(H,54,58)(H4,45,46,48);2-6,10-13,24,30-35,49H,7-9,14-23H2,1H3,(H2,44,57)(H,47,58)(H,50,56)(H,51,61)(H,52,62)(H,53,60)(H,54,59)(H4,45,46,48)/t32-,33+,34?,35-,36-,37-;30-,31+,32?,33-,34-,35-/m00/s1. The summed E-state index contributed by atoms with van der Waals surface area (Å²) in [6, 6.07) is 19.7. The number of nitrogens with zero attached hydrogens (tertiary/aromatic N) is 4. The Hall–Kier alpha value is -13.5. The van der Waals surface area contributed by atoms with E-state index in [1.807, 2.05) is 91.9 Å². The van der Waals surface area contributed by atoms with Crippen LogP contribution in [0.25, 0.3) is 21.8 Å². The SMILES string of the molecule is CC(=O)N[C@@H](Cc1ccccc1)C(=O)NC1CCCNC(=O)[C@H](CCCN=C(N)N)NC(=O)[C@H](Cc2c[nH]c3ccccc23)NC(=O)[C@@H](CCC(N)=O)NC(=O)[C@@H]2CCCN2C1=O.CCCC[C@H]1NC(=O)[C@@H]2CCCN2C(=O)C(NC(=O)[C@H](Cc2ccccc2)NC(C)=O)CCCNC(=O)[C@H](CCCN=C(N)N)NC(=O)[C@H](Cc2c[nH]c3ccccc23)NC1=O. The summed E-state index contributed by atoms with van der Waals surface area (Å²) in [7, 11) is 0. The van der Waals surface area contributed by atoms with E-state index in [-0.39, 0.29) is 147 Å². The summed E-state index contributed by atoms with van der Waals surface area (Å²) in [6.07, 6.45) is 7.73. The van der Waals surface area contributed by atoms with Crippen molar-refractivity contribution >= 4 is 122 Å². The van der Waals surface area contributed by atoms with E-state index >= 15 is 0 Å². The average molecular weight is 1730 g/mol. The molecule has 38 heteroatoms. The molecular formula is C87H119N23O15. The van der Waals surface area contributed by atoms with Crippen molar-refractivity contribution in [1.82, 2.24) is 83.6 Å². The number of nitrogens with two attached hydrogens (primary N) is 5. The van der Waals surface area contributed by atoms with Gasteiger partial charge in [-0.05, 0) is 124 Å². The Kier molecular flexibility index (Phi) is 36.5. The number of aliphatic imine (C=N–C) groups is 2. The number of carbonyl (C=O) groups excluding carboxylic acids is 15. The van der Waals surface area contributed by atoms with Gasteiger partial charge in [0, 0.05) is 119 Å². The van der Waals surface area contributed by atoms with Crippen LogP contribution in [0.1, 0.15) is 152 Å². The molecule has 38 nitrogen and oxygen atoms in total. The molecule has 4 fully saturated rings. The van der Waals surface area contributed by atoms with Crippen LogP contribution in [0.15, 0.2) is 132 Å². The van der Waals surface area contributed by atoms with Gasteiger partial charge in [0.15, 0.2) is 11.9 Å². The van der Waals surface area contributed by atoms with Gasteiger partial charge in [-0.2, -0.15) is 0 Å². The number of primary amides is 1. The second-order valence-corrected chi connectivity index (χ2v) is 31.8. The number of aromatic amines is 2. The number of carbonyl (C=O) groups is 15. The number of nitrogens with one attached hydrogen (secondary N) is 14. The quantitative estimate of drug-likeness (QED) is 0.0162. The first kappa shape index (κ1) is 95.4. The van der Waals surface area contributed by atoms with E-state index in [0.717, 1.165) is 38.5 Å². The van der Waals surface area contributed by atoms with Crippen LogP contribution in [0.2, 0.25) is 0 Å². The monoisotopic (exact) mass is 1730 g/mol. The molecule has 4 aliphatic rings. The van der Waals surface area contributed by atoms with E-state index in [1.165, 1.54) is 23.6 Å². The number of hydrogen-bond acceptors (Lipinski definition) is 17. The second-order valence-electron chi connectivity index (χ2n) is 31.8. The van der Waals surface area contributed by atoms with Crippen LogP contribution >= 0.6 is 0 Å². The van der Waals surface area contributed by atoms with Crippen LogP contribution in [-0.4, -0.2) is 232 Å². The minimum absolute atomic E-state index is 0.0195. The van der Waals surface area contributed by atoms with Crippen LogP contribution in [-0.2, 0) is 97.6 Å². The van der Waals surface area contributed by atoms with Crippen molar-refractivity contribution in [2.45, 2.75) is 228 Å². The molecule has 24 N–H and O–H groups in total. The van der Waals surface area contributed by atoms with Crippen molar-refractivity contribution < 1.29 is 71.9 Å². The van der Waals surface area contributed by atoms with Crippen LogP contribution in [0.4, 0.5) is 0 Å². The Morgan fingerprint density at radius 1 is 0.432 bits per heavy atom. The molecule has 672 valence electrons. The van der Waals surface area contributed by atoms with E-state index in [2.05, 4.69) is 83.8 Å². The van der Waals surface area contributed by atoms with Crippen molar-refractivity contribution in [3.8, 4) is 0 Å². The van der Waals surface area contributed by atoms with E-state index < -0.39 is 161 Å². The molecule has 4 aromatic carbocycles. The third kappa shape index (κ3) is 29.1. The smallest absolute Gasteiger partial charge is 0.245 e. The average Bonchev–Trinajstić information content (AvgIpc) is 1.72. The molecule has 0 aliphatic carbocycles. The fourth-order valence-corrected chi connectivity index (χ4v) is 15.8. The lowest BCUT2D eigenvalue weighted by Gasteiger charge is -2.31. The summed E-state index contributed by atoms with van der Waals surface area (Å²) in [5.74, 6) is -9.14. The maximum atomic E-state index is 14.5. The highest BCUT2D eigenvalue weighted by Gasteiger charge is 2.43. The number of para-hydroxylation sites is 2. The van der Waals surface area contributed by atoms with Crippen LogP contribution < -0.4 is 92.5 Å². The molecule has 0 bridgehead atoms. The summed E-state index contributed by atoms with van der Waals surface area (Å²) in [6.45, 7) is 5.37. The molecule has 0 saturated carbocycles. The number of guanidine groups is 2. The Bertz CT molecular complexity index is 4820. The molecule has 0 spiro atoms. The van der Waals surface area contributed by atoms with Crippen LogP contribution in [0.3, 0.4) is 0 Å². The largest absolute Gasteiger partial charge is 0.370 e. The van der Waals surface area contributed by atoms with Gasteiger partial charge in [-0.15, -0.1) is 0 Å². The molecule has 6 aromatic rings. The van der Waals surface area contributed by atoms with E-state index in [4.69, 9.17) is 28.7 Å². The van der Waals surface area contributed by atoms with Gasteiger partial charge in [-0.1, -0.05) is 117 Å². The van der Waals surface area contributed by atoms with Gasteiger partial charge in [-0.25, -0.2) is 0 Å². The molecule has 2 unspecified atom stereocenters. The summed E-state index contributed by atoms with van der Waals surface area (Å²) < 4.78 is 0. The lowest BCUT2D eigenvalue weighted by Crippen LogP contribution is -2.60. The van der Waals surface area contributed by atoms with Crippen molar-refractivity contribution in [3.63, 3.8) is 0 Å². The zero-order chi connectivity index (χ0) is 90.1. The summed E-state index contributed by atoms with van der Waals surface area (Å²) in [5.41, 5.74) is 32.2. The molecule has 2 aromatic heterocycles. The number of amides is 15. The fraction of sp³-hybridized carbons (Fsp3) is 0.483. The van der Waals surface area contributed by atoms with Gasteiger partial charge >= 0.3 is 0 Å². The van der Waals surface area contributed by atoms with Gasteiger partial charge in [0.05, 0.1) is 0 Å². The molecular weight excluding hydrogens is 1610 g/mol. The van der Waals surface area contributed by atoms with Crippen molar-refractivity contribution in [2.75, 3.05) is 39.3 Å². The third-order valence-corrected chi connectivity index (χ3v) is 22.2. The maximum absolute atomic E-state index is 14.5. The first-order valence-corrected chi connectivity index (χ1v) is 42.7. The first-order chi connectivity index (χ1) is 60.0. The van der Waals surface area contributed by atoms with Crippen LogP contribution in [0.5, 0.6) is 0 Å². The highest BCUT2D eigenvalue weighted by Crippen LogP contribution is 2.26. The lowest BCUT2D eigenvalue weighted by molar-refractivity contribution is -0.142. The van der Waals surface area contributed by atoms with E-state index in [1.54, 1.807) is 36.7 Å². The highest BCUT2D eigenvalue weighted by molar-refractivity contribution is 6.01. The molecule has 4 saturated heterocycles. The number of unbranched alkanes of at least 4 members (excludes halogenated alkanes) is 1. The Morgan fingerprint density at radius 2 is 0.792 bits per heavy atom. The van der Waals surface area contributed by atoms with Gasteiger partial charge in [-0.3, -0.25) is 81.9 Å². The minimum Gasteiger partial charge on any atom is -0.370 e. The Balaban J connectivity index is 0.000000283. The van der Waals surface area contributed by atoms with E-state index in [0.29, 0.717) is 44.1 Å². The number of fused-ring (bicyclic) bond motifs is 4. The normalized spacial score (nSPS) is 22.1. The van der Waals surface area contributed by atoms with Crippen molar-refractivity contribution in [1.29, 1.82) is 0 Å². The number of benzene rings is 4. The molecule has 10 rings (SSSR count). The number of H-pyrrole nitrogens is 2. The second kappa shape index (κ2) is 47.8. The predicted molar refractivity (Wildman–Crippen MR) is 467 cm³/mol. The summed E-state index contributed by atoms with van der Waals surface area (Å²) in [4.78, 5) is 223. The molecule has 125 heavy (non-hydrogen) atoms. The summed E-state index contributed by atoms with van der Waals surface area (Å²) >= 11 is 0. The van der Waals surface area contributed by atoms with Crippen molar-refractivity contribution in [2.24, 2.45) is 38.7 Å². The zero-order valence-corrected chi connectivity index (χ0v) is 70.9. The minimum atomic E-state index is -1.37. The lowest BCUT2D eigenvalue weighted by atomic mass is 10.0. The Morgan fingerprint density at radius 3 is 1.18 bits per heavy atom. The summed E-state index contributed by atoms with van der Waals surface area (Å²) in [5, 5.41) is 35.2. The van der Waals surface area contributed by atoms with Gasteiger partial charge in [0.25, 0.3) is 0 Å². The fourth-order valence-electron chi connectivity index (χ4n) is 15.8. The topological polar surface area (TPSA) is 593 Å². The number of aromatic nitrogens is 2.